The van der Waals surface area contributed by atoms with E-state index in [9.17, 15) is 9.18 Å². The standard InChI is InChI=1S/C30H34FN5O2/c1-2-28(37)27-16-21(24-9-12-32-26-17-34-30-25(29(24)26)10-13-33-30)11-15-36(27)35-14-3-4-20(18-35)19-38-23-7-5-22(31)6-8-23/h5-10,12-13,17,20-21,27,32H,2-4,11,14-16,18-19H2,1H3. The molecule has 3 atom stereocenters. The minimum absolute atomic E-state index is 0.134. The van der Waals surface area contributed by atoms with Gasteiger partial charge in [0.15, 0.2) is 11.4 Å². The fourth-order valence-electron chi connectivity index (χ4n) is 6.29. The summed E-state index contributed by atoms with van der Waals surface area (Å²) < 4.78 is 19.2. The number of pyridine rings is 2. The molecule has 3 unspecified atom stereocenters. The topological polar surface area (TPSA) is 74.4 Å². The van der Waals surface area contributed by atoms with Crippen molar-refractivity contribution < 1.29 is 13.9 Å². The molecule has 1 N–H and O–H groups in total. The average Bonchev–Trinajstić information content (AvgIpc) is 3.45. The maximum atomic E-state index is 13.3. The van der Waals surface area contributed by atoms with Crippen molar-refractivity contribution in [3.8, 4) is 5.75 Å². The Morgan fingerprint density at radius 1 is 1.13 bits per heavy atom. The molecule has 0 aliphatic carbocycles. The summed E-state index contributed by atoms with van der Waals surface area (Å²) in [5.41, 5.74) is 3.04. The molecule has 3 aromatic heterocycles. The molecule has 2 saturated heterocycles. The van der Waals surface area contributed by atoms with Crippen LogP contribution >= 0.6 is 0 Å². The number of halogens is 1. The van der Waals surface area contributed by atoms with E-state index in [1.165, 1.54) is 23.1 Å². The van der Waals surface area contributed by atoms with Crippen LogP contribution in [0.2, 0.25) is 0 Å². The molecule has 198 valence electrons. The van der Waals surface area contributed by atoms with E-state index in [1.54, 1.807) is 12.1 Å². The monoisotopic (exact) mass is 515 g/mol. The summed E-state index contributed by atoms with van der Waals surface area (Å²) in [5, 5.41) is 6.99. The molecule has 38 heavy (non-hydrogen) atoms. The first-order chi connectivity index (χ1) is 18.6. The molecule has 2 aliphatic heterocycles. The van der Waals surface area contributed by atoms with E-state index in [0.29, 0.717) is 30.5 Å². The van der Waals surface area contributed by atoms with E-state index >= 15 is 0 Å². The van der Waals surface area contributed by atoms with Crippen molar-refractivity contribution in [2.75, 3.05) is 26.2 Å². The van der Waals surface area contributed by atoms with Crippen LogP contribution in [0.15, 0.2) is 55.0 Å². The van der Waals surface area contributed by atoms with Gasteiger partial charge in [-0.25, -0.2) is 24.4 Å². The summed E-state index contributed by atoms with van der Waals surface area (Å²) in [6, 6.07) is 10.3. The maximum Gasteiger partial charge on any atom is 0.159 e. The highest BCUT2D eigenvalue weighted by molar-refractivity contribution is 6.05. The van der Waals surface area contributed by atoms with Crippen LogP contribution in [-0.4, -0.2) is 63.0 Å². The maximum absolute atomic E-state index is 13.3. The number of Topliss-reactive ketones (excluding diaryl/α,β-unsaturated/α-hetero) is 1. The first-order valence-corrected chi connectivity index (χ1v) is 13.7. The number of carbonyl (C=O) groups excluding carboxylic acids is 1. The summed E-state index contributed by atoms with van der Waals surface area (Å²) in [7, 11) is 0. The summed E-state index contributed by atoms with van der Waals surface area (Å²) in [5.74, 6) is 1.38. The SMILES string of the molecule is CCC(=O)C1CC(c2cc[nH]c3cnc4nccc4c23)CCN1N1CCCC(COc2ccc(F)cc2)C1. The quantitative estimate of drug-likeness (QED) is 0.351. The van der Waals surface area contributed by atoms with Gasteiger partial charge in [-0.1, -0.05) is 6.92 Å². The minimum Gasteiger partial charge on any atom is -0.493 e. The number of hydrogen-bond acceptors (Lipinski definition) is 6. The molecule has 6 rings (SSSR count). The highest BCUT2D eigenvalue weighted by atomic mass is 19.1. The smallest absolute Gasteiger partial charge is 0.159 e. The van der Waals surface area contributed by atoms with E-state index < -0.39 is 0 Å². The molecule has 0 saturated carbocycles. The number of nitrogens with zero attached hydrogens (tertiary/aromatic N) is 4. The Morgan fingerprint density at radius 3 is 2.84 bits per heavy atom. The van der Waals surface area contributed by atoms with Gasteiger partial charge in [-0.05, 0) is 73.6 Å². The number of rotatable bonds is 7. The van der Waals surface area contributed by atoms with Crippen molar-refractivity contribution in [3.63, 3.8) is 0 Å². The number of carbonyl (C=O) groups is 1. The van der Waals surface area contributed by atoms with Crippen LogP contribution in [0.3, 0.4) is 0 Å². The zero-order valence-corrected chi connectivity index (χ0v) is 21.8. The average molecular weight is 516 g/mol. The second-order valence-electron chi connectivity index (χ2n) is 10.6. The number of piperidine rings is 2. The van der Waals surface area contributed by atoms with Gasteiger partial charge in [0.1, 0.15) is 11.6 Å². The lowest BCUT2D eigenvalue weighted by molar-refractivity contribution is -0.144. The van der Waals surface area contributed by atoms with Crippen molar-refractivity contribution in [2.45, 2.75) is 51.0 Å². The lowest BCUT2D eigenvalue weighted by Crippen LogP contribution is -2.58. The van der Waals surface area contributed by atoms with Gasteiger partial charge in [-0.2, -0.15) is 0 Å². The number of aromatic nitrogens is 3. The third-order valence-electron chi connectivity index (χ3n) is 8.22. The Bertz CT molecular complexity index is 1420. The normalized spacial score (nSPS) is 23.2. The Balaban J connectivity index is 1.20. The first kappa shape index (κ1) is 24.9. The lowest BCUT2D eigenvalue weighted by atomic mass is 9.82. The largest absolute Gasteiger partial charge is 0.493 e. The fourth-order valence-corrected chi connectivity index (χ4v) is 6.29. The van der Waals surface area contributed by atoms with Crippen LogP contribution < -0.4 is 4.74 Å². The van der Waals surface area contributed by atoms with E-state index in [2.05, 4.69) is 31.0 Å². The Kier molecular flexibility index (Phi) is 7.08. The van der Waals surface area contributed by atoms with Gasteiger partial charge in [0.2, 0.25) is 0 Å². The minimum atomic E-state index is -0.259. The highest BCUT2D eigenvalue weighted by Crippen LogP contribution is 2.38. The number of aromatic amines is 1. The molecular weight excluding hydrogens is 481 g/mol. The van der Waals surface area contributed by atoms with Crippen LogP contribution in [-0.2, 0) is 4.79 Å². The van der Waals surface area contributed by atoms with Gasteiger partial charge in [0, 0.05) is 55.1 Å². The van der Waals surface area contributed by atoms with Crippen LogP contribution in [0.5, 0.6) is 5.75 Å². The van der Waals surface area contributed by atoms with Crippen molar-refractivity contribution in [2.24, 2.45) is 5.92 Å². The van der Waals surface area contributed by atoms with Crippen LogP contribution in [0.25, 0.3) is 21.9 Å². The highest BCUT2D eigenvalue weighted by Gasteiger charge is 2.38. The van der Waals surface area contributed by atoms with E-state index in [-0.39, 0.29) is 17.8 Å². The fraction of sp³-hybridized carbons (Fsp3) is 0.433. The van der Waals surface area contributed by atoms with Crippen LogP contribution in [0, 0.1) is 11.7 Å². The molecule has 2 aliphatic rings. The molecule has 0 spiro atoms. The molecule has 1 aromatic carbocycles. The molecule has 0 radical (unpaired) electrons. The van der Waals surface area contributed by atoms with Gasteiger partial charge >= 0.3 is 0 Å². The van der Waals surface area contributed by atoms with Crippen LogP contribution in [0.1, 0.15) is 50.5 Å². The van der Waals surface area contributed by atoms with Crippen molar-refractivity contribution >= 4 is 27.7 Å². The Labute approximate surface area is 222 Å². The molecule has 5 heterocycles. The van der Waals surface area contributed by atoms with E-state index in [0.717, 1.165) is 61.9 Å². The number of benzene rings is 1. The van der Waals surface area contributed by atoms with Crippen molar-refractivity contribution in [1.82, 2.24) is 25.0 Å². The number of H-pyrrole nitrogens is 1. The zero-order chi connectivity index (χ0) is 26.1. The zero-order valence-electron chi connectivity index (χ0n) is 21.8. The van der Waals surface area contributed by atoms with E-state index in [4.69, 9.17) is 4.74 Å². The van der Waals surface area contributed by atoms with Gasteiger partial charge in [0.05, 0.1) is 24.4 Å². The molecule has 8 heteroatoms. The molecule has 2 fully saturated rings. The third kappa shape index (κ3) is 4.90. The van der Waals surface area contributed by atoms with Crippen molar-refractivity contribution in [1.29, 1.82) is 0 Å². The van der Waals surface area contributed by atoms with Crippen LogP contribution in [0.4, 0.5) is 4.39 Å². The molecule has 7 nitrogen and oxygen atoms in total. The predicted octanol–water partition coefficient (Wildman–Crippen LogP) is 5.48. The number of ketones is 1. The molecule has 4 aromatic rings. The van der Waals surface area contributed by atoms with Gasteiger partial charge in [0.25, 0.3) is 0 Å². The predicted molar refractivity (Wildman–Crippen MR) is 145 cm³/mol. The number of hydrazine groups is 1. The first-order valence-electron chi connectivity index (χ1n) is 13.7. The summed E-state index contributed by atoms with van der Waals surface area (Å²) in [6.07, 6.45) is 10.1. The van der Waals surface area contributed by atoms with Gasteiger partial charge < -0.3 is 9.72 Å². The second-order valence-corrected chi connectivity index (χ2v) is 10.6. The Morgan fingerprint density at radius 2 is 2.00 bits per heavy atom. The van der Waals surface area contributed by atoms with Gasteiger partial charge in [-0.3, -0.25) is 4.79 Å². The Hall–Kier alpha value is -3.36. The molecule has 0 bridgehead atoms. The molecular formula is C30H34FN5O2. The third-order valence-corrected chi connectivity index (χ3v) is 8.22. The van der Waals surface area contributed by atoms with Crippen molar-refractivity contribution in [3.05, 3.63) is 66.4 Å². The molecule has 0 amide bonds. The number of fused-ring (bicyclic) bond motifs is 3. The number of nitrogens with one attached hydrogen (secondary N) is 1. The summed E-state index contributed by atoms with van der Waals surface area (Å²) >= 11 is 0. The lowest BCUT2D eigenvalue weighted by Gasteiger charge is -2.47. The number of hydrogen-bond donors (Lipinski definition) is 1. The second kappa shape index (κ2) is 10.8. The summed E-state index contributed by atoms with van der Waals surface area (Å²) in [4.78, 5) is 25.5. The summed E-state index contributed by atoms with van der Waals surface area (Å²) in [6.45, 7) is 5.24. The van der Waals surface area contributed by atoms with Gasteiger partial charge in [-0.15, -0.1) is 0 Å². The van der Waals surface area contributed by atoms with E-state index in [1.807, 2.05) is 31.6 Å². The number of ether oxygens (including phenoxy) is 1.